The summed E-state index contributed by atoms with van der Waals surface area (Å²) < 4.78 is 14.6. The van der Waals surface area contributed by atoms with Gasteiger partial charge in [-0.3, -0.25) is 0 Å². The van der Waals surface area contributed by atoms with Gasteiger partial charge in [-0.1, -0.05) is 57.0 Å². The zero-order valence-corrected chi connectivity index (χ0v) is 10.8. The van der Waals surface area contributed by atoms with Gasteiger partial charge in [-0.25, -0.2) is 0 Å². The van der Waals surface area contributed by atoms with E-state index in [0.29, 0.717) is 6.42 Å². The Hall–Kier alpha value is -0.760. The molecule has 0 fully saturated rings. The maximum atomic E-state index is 10.1. The van der Waals surface area contributed by atoms with E-state index in [0.717, 1.165) is 5.56 Å². The summed E-state index contributed by atoms with van der Waals surface area (Å²) in [5, 5.41) is 0. The zero-order chi connectivity index (χ0) is 12.2. The van der Waals surface area contributed by atoms with E-state index in [9.17, 15) is 4.57 Å². The molecule has 90 valence electrons. The fourth-order valence-electron chi connectivity index (χ4n) is 0.886. The van der Waals surface area contributed by atoms with E-state index in [1.165, 1.54) is 12.8 Å². The lowest BCUT2D eigenvalue weighted by Crippen LogP contribution is -1.92. The fourth-order valence-corrected chi connectivity index (χ4v) is 1.13. The smallest absolute Gasteiger partial charge is 0.133 e. The van der Waals surface area contributed by atoms with Gasteiger partial charge in [-0.05, 0) is 5.56 Å². The molecule has 0 aliphatic heterocycles. The molecule has 4 heteroatoms. The maximum absolute atomic E-state index is 10.1. The lowest BCUT2D eigenvalue weighted by atomic mass is 10.2. The van der Waals surface area contributed by atoms with E-state index in [2.05, 4.69) is 18.4 Å². The Kier molecular flexibility index (Phi) is 10.2. The van der Waals surface area contributed by atoms with Gasteiger partial charge in [0.15, 0.2) is 0 Å². The van der Waals surface area contributed by atoms with E-state index in [-0.39, 0.29) is 6.61 Å². The second-order valence-corrected chi connectivity index (χ2v) is 4.04. The number of unbranched alkanes of at least 4 members (excludes halogenated alkanes) is 1. The summed E-state index contributed by atoms with van der Waals surface area (Å²) in [4.78, 5) is 8.32. The quantitative estimate of drug-likeness (QED) is 0.802. The van der Waals surface area contributed by atoms with Gasteiger partial charge in [0, 0.05) is 11.0 Å². The molecular formula is C12H20O3P+. The van der Waals surface area contributed by atoms with Crippen molar-refractivity contribution in [2.45, 2.75) is 33.1 Å². The topological polar surface area (TPSA) is 46.5 Å². The third kappa shape index (κ3) is 9.78. The molecule has 0 spiro atoms. The molecule has 0 radical (unpaired) electrons. The minimum atomic E-state index is -2.45. The molecule has 0 amide bonds. The molecule has 0 saturated carbocycles. The number of hydrogen-bond acceptors (Lipinski definition) is 2. The highest BCUT2D eigenvalue weighted by Crippen LogP contribution is 2.14. The standard InChI is InChI=1S/C8H9O3P.C4H10/c9-12(10)11-7-6-8-4-2-1-3-5-8;1-3-4-2/h1-5H,6-7H2;3-4H2,1-2H3/p+1. The molecule has 1 aromatic carbocycles. The van der Waals surface area contributed by atoms with Crippen molar-refractivity contribution in [3.8, 4) is 0 Å². The van der Waals surface area contributed by atoms with Gasteiger partial charge in [-0.15, -0.1) is 9.42 Å². The molecule has 0 saturated heterocycles. The van der Waals surface area contributed by atoms with Gasteiger partial charge >= 0.3 is 8.25 Å². The first-order valence-electron chi connectivity index (χ1n) is 5.53. The van der Waals surface area contributed by atoms with Gasteiger partial charge in [-0.2, -0.15) is 0 Å². The second kappa shape index (κ2) is 10.7. The Balaban J connectivity index is 0.000000487. The monoisotopic (exact) mass is 243 g/mol. The number of benzene rings is 1. The highest BCUT2D eigenvalue weighted by molar-refractivity contribution is 7.32. The summed E-state index contributed by atoms with van der Waals surface area (Å²) in [6, 6.07) is 9.68. The van der Waals surface area contributed by atoms with Gasteiger partial charge in [0.2, 0.25) is 0 Å². The van der Waals surface area contributed by atoms with Crippen molar-refractivity contribution in [1.29, 1.82) is 0 Å². The van der Waals surface area contributed by atoms with Gasteiger partial charge in [0.05, 0.1) is 0 Å². The molecule has 1 N–H and O–H groups in total. The fraction of sp³-hybridized carbons (Fsp3) is 0.500. The van der Waals surface area contributed by atoms with E-state index < -0.39 is 8.25 Å². The Labute approximate surface area is 98.4 Å². The van der Waals surface area contributed by atoms with Crippen LogP contribution in [-0.4, -0.2) is 11.5 Å². The average molecular weight is 243 g/mol. The normalized spacial score (nSPS) is 10.3. The average Bonchev–Trinajstić information content (AvgIpc) is 2.30. The van der Waals surface area contributed by atoms with Crippen molar-refractivity contribution in [1.82, 2.24) is 0 Å². The second-order valence-electron chi connectivity index (χ2n) is 3.31. The minimum Gasteiger partial charge on any atom is -0.133 e. The first-order chi connectivity index (χ1) is 7.70. The van der Waals surface area contributed by atoms with Crippen molar-refractivity contribution in [2.75, 3.05) is 6.61 Å². The lowest BCUT2D eigenvalue weighted by molar-refractivity contribution is 0.285. The number of rotatable bonds is 5. The van der Waals surface area contributed by atoms with Crippen LogP contribution in [0.5, 0.6) is 0 Å². The molecule has 0 aliphatic rings. The largest absolute Gasteiger partial charge is 0.694 e. The van der Waals surface area contributed by atoms with Crippen LogP contribution in [0.1, 0.15) is 32.3 Å². The predicted octanol–water partition coefficient (Wildman–Crippen LogP) is 3.70. The molecular weight excluding hydrogens is 223 g/mol. The number of hydrogen-bond donors (Lipinski definition) is 1. The van der Waals surface area contributed by atoms with E-state index in [1.54, 1.807) is 0 Å². The summed E-state index contributed by atoms with van der Waals surface area (Å²) >= 11 is 0. The van der Waals surface area contributed by atoms with Crippen molar-refractivity contribution < 1.29 is 14.0 Å². The Bertz CT molecular complexity index is 273. The van der Waals surface area contributed by atoms with E-state index in [4.69, 9.17) is 4.89 Å². The van der Waals surface area contributed by atoms with Gasteiger partial charge in [0.1, 0.15) is 6.61 Å². The Morgan fingerprint density at radius 2 is 1.75 bits per heavy atom. The molecule has 1 rings (SSSR count). The zero-order valence-electron chi connectivity index (χ0n) is 9.93. The van der Waals surface area contributed by atoms with E-state index >= 15 is 0 Å². The molecule has 16 heavy (non-hydrogen) atoms. The molecule has 3 nitrogen and oxygen atoms in total. The van der Waals surface area contributed by atoms with Gasteiger partial charge in [0.25, 0.3) is 0 Å². The van der Waals surface area contributed by atoms with Crippen molar-refractivity contribution >= 4 is 8.25 Å². The lowest BCUT2D eigenvalue weighted by Gasteiger charge is -1.94. The Morgan fingerprint density at radius 3 is 2.19 bits per heavy atom. The van der Waals surface area contributed by atoms with Crippen LogP contribution in [-0.2, 0) is 15.5 Å². The molecule has 1 aromatic rings. The van der Waals surface area contributed by atoms with E-state index in [1.807, 2.05) is 30.3 Å². The molecule has 0 bridgehead atoms. The molecule has 0 aromatic heterocycles. The first kappa shape index (κ1) is 15.2. The van der Waals surface area contributed by atoms with Crippen molar-refractivity contribution in [3.63, 3.8) is 0 Å². The first-order valence-corrected chi connectivity index (χ1v) is 6.66. The van der Waals surface area contributed by atoms with Crippen LogP contribution in [0.15, 0.2) is 30.3 Å². The third-order valence-corrected chi connectivity index (χ3v) is 2.34. The van der Waals surface area contributed by atoms with Crippen LogP contribution in [0, 0.1) is 0 Å². The summed E-state index contributed by atoms with van der Waals surface area (Å²) in [5.41, 5.74) is 1.11. The summed E-state index contributed by atoms with van der Waals surface area (Å²) in [7, 11) is -2.45. The molecule has 0 aliphatic carbocycles. The summed E-state index contributed by atoms with van der Waals surface area (Å²) in [5.74, 6) is 0. The van der Waals surface area contributed by atoms with Crippen LogP contribution in [0.4, 0.5) is 0 Å². The maximum Gasteiger partial charge on any atom is 0.694 e. The van der Waals surface area contributed by atoms with Crippen LogP contribution < -0.4 is 0 Å². The molecule has 1 atom stereocenters. The van der Waals surface area contributed by atoms with Crippen LogP contribution in [0.3, 0.4) is 0 Å². The minimum absolute atomic E-state index is 0.287. The van der Waals surface area contributed by atoms with Crippen LogP contribution in [0.25, 0.3) is 0 Å². The molecule has 1 unspecified atom stereocenters. The van der Waals surface area contributed by atoms with Crippen LogP contribution >= 0.6 is 8.25 Å². The van der Waals surface area contributed by atoms with Crippen molar-refractivity contribution in [3.05, 3.63) is 35.9 Å². The van der Waals surface area contributed by atoms with Crippen LogP contribution in [0.2, 0.25) is 0 Å². The SMILES string of the molecule is CCCC.O=[P+](O)OCCc1ccccc1. The van der Waals surface area contributed by atoms with Gasteiger partial charge < -0.3 is 0 Å². The highest BCUT2D eigenvalue weighted by Gasteiger charge is 2.10. The van der Waals surface area contributed by atoms with Crippen molar-refractivity contribution in [2.24, 2.45) is 0 Å². The third-order valence-electron chi connectivity index (χ3n) is 1.94. The summed E-state index contributed by atoms with van der Waals surface area (Å²) in [6.07, 6.45) is 3.31. The predicted molar refractivity (Wildman–Crippen MR) is 66.5 cm³/mol. The Morgan fingerprint density at radius 1 is 1.19 bits per heavy atom. The summed E-state index contributed by atoms with van der Waals surface area (Å²) in [6.45, 7) is 4.65. The molecule has 0 heterocycles. The highest BCUT2D eigenvalue weighted by atomic mass is 31.1.